The van der Waals surface area contributed by atoms with Crippen LogP contribution in [-0.2, 0) is 6.54 Å². The smallest absolute Gasteiger partial charge is 0.269 e. The number of hydrogen-bond acceptors (Lipinski definition) is 2. The first-order chi connectivity index (χ1) is 6.07. The van der Waals surface area contributed by atoms with Crippen molar-refractivity contribution in [2.75, 3.05) is 0 Å². The van der Waals surface area contributed by atoms with E-state index < -0.39 is 35.5 Å². The summed E-state index contributed by atoms with van der Waals surface area (Å²) in [7, 11) is 0. The fourth-order valence-electron chi connectivity index (χ4n) is 0.998. The highest BCUT2D eigenvalue weighted by Crippen LogP contribution is 2.20. The standard InChI is InChI=1S/C7H7F3N2O/c8-4-2-12-7(13)5(6(9)10)3(4)1-11/h2,6H,1,11H2,(H,12,13). The fourth-order valence-corrected chi connectivity index (χ4v) is 0.998. The van der Waals surface area contributed by atoms with Gasteiger partial charge in [-0.25, -0.2) is 13.2 Å². The molecule has 0 aliphatic carbocycles. The molecule has 0 saturated heterocycles. The van der Waals surface area contributed by atoms with Crippen LogP contribution in [0.3, 0.4) is 0 Å². The molecule has 72 valence electrons. The van der Waals surface area contributed by atoms with Crippen LogP contribution in [0.1, 0.15) is 17.6 Å². The summed E-state index contributed by atoms with van der Waals surface area (Å²) in [5, 5.41) is 0. The third-order valence-corrected chi connectivity index (χ3v) is 1.61. The molecule has 0 fully saturated rings. The van der Waals surface area contributed by atoms with Gasteiger partial charge in [-0.3, -0.25) is 4.79 Å². The van der Waals surface area contributed by atoms with Gasteiger partial charge in [0.25, 0.3) is 12.0 Å². The lowest BCUT2D eigenvalue weighted by atomic mass is 10.1. The highest BCUT2D eigenvalue weighted by Gasteiger charge is 2.19. The molecule has 0 saturated carbocycles. The maximum Gasteiger partial charge on any atom is 0.269 e. The molecule has 1 heterocycles. The van der Waals surface area contributed by atoms with Crippen molar-refractivity contribution < 1.29 is 13.2 Å². The van der Waals surface area contributed by atoms with Crippen molar-refractivity contribution in [2.24, 2.45) is 5.73 Å². The predicted molar refractivity (Wildman–Crippen MR) is 39.9 cm³/mol. The van der Waals surface area contributed by atoms with Gasteiger partial charge in [0.1, 0.15) is 5.82 Å². The fraction of sp³-hybridized carbons (Fsp3) is 0.286. The molecule has 3 N–H and O–H groups in total. The second-order valence-corrected chi connectivity index (χ2v) is 2.36. The molecular weight excluding hydrogens is 185 g/mol. The van der Waals surface area contributed by atoms with Gasteiger partial charge in [0.05, 0.1) is 5.56 Å². The summed E-state index contributed by atoms with van der Waals surface area (Å²) in [5.41, 5.74) is 2.71. The number of hydrogen-bond donors (Lipinski definition) is 2. The Labute approximate surface area is 71.4 Å². The van der Waals surface area contributed by atoms with Gasteiger partial charge in [-0.1, -0.05) is 0 Å². The lowest BCUT2D eigenvalue weighted by Gasteiger charge is -2.05. The Bertz CT molecular complexity index is 361. The first-order valence-electron chi connectivity index (χ1n) is 3.46. The van der Waals surface area contributed by atoms with E-state index in [-0.39, 0.29) is 0 Å². The van der Waals surface area contributed by atoms with Crippen LogP contribution in [-0.4, -0.2) is 4.98 Å². The Morgan fingerprint density at radius 1 is 1.54 bits per heavy atom. The molecule has 6 heteroatoms. The Kier molecular flexibility index (Phi) is 2.72. The van der Waals surface area contributed by atoms with Crippen LogP contribution in [0.2, 0.25) is 0 Å². The Morgan fingerprint density at radius 3 is 2.54 bits per heavy atom. The van der Waals surface area contributed by atoms with Crippen molar-refractivity contribution in [1.82, 2.24) is 4.98 Å². The monoisotopic (exact) mass is 192 g/mol. The van der Waals surface area contributed by atoms with E-state index in [4.69, 9.17) is 5.73 Å². The van der Waals surface area contributed by atoms with E-state index >= 15 is 0 Å². The summed E-state index contributed by atoms with van der Waals surface area (Å²) in [4.78, 5) is 12.7. The zero-order valence-corrected chi connectivity index (χ0v) is 6.48. The zero-order valence-electron chi connectivity index (χ0n) is 6.48. The van der Waals surface area contributed by atoms with Crippen molar-refractivity contribution in [1.29, 1.82) is 0 Å². The van der Waals surface area contributed by atoms with E-state index in [1.54, 1.807) is 0 Å². The minimum Gasteiger partial charge on any atom is -0.326 e. The second-order valence-electron chi connectivity index (χ2n) is 2.36. The predicted octanol–water partition coefficient (Wildman–Crippen LogP) is 0.910. The Morgan fingerprint density at radius 2 is 2.15 bits per heavy atom. The number of aromatic nitrogens is 1. The first-order valence-corrected chi connectivity index (χ1v) is 3.46. The van der Waals surface area contributed by atoms with Crippen molar-refractivity contribution in [2.45, 2.75) is 13.0 Å². The van der Waals surface area contributed by atoms with Gasteiger partial charge in [0.2, 0.25) is 0 Å². The highest BCUT2D eigenvalue weighted by atomic mass is 19.3. The molecule has 0 unspecified atom stereocenters. The van der Waals surface area contributed by atoms with Gasteiger partial charge in [0.15, 0.2) is 0 Å². The van der Waals surface area contributed by atoms with Crippen LogP contribution in [0.4, 0.5) is 13.2 Å². The summed E-state index contributed by atoms with van der Waals surface area (Å²) < 4.78 is 37.2. The normalized spacial score (nSPS) is 10.8. The van der Waals surface area contributed by atoms with E-state index in [0.717, 1.165) is 6.20 Å². The van der Waals surface area contributed by atoms with Crippen molar-refractivity contribution >= 4 is 0 Å². The summed E-state index contributed by atoms with van der Waals surface area (Å²) in [6, 6.07) is 0. The molecular formula is C7H7F3N2O. The van der Waals surface area contributed by atoms with Crippen LogP contribution < -0.4 is 11.3 Å². The van der Waals surface area contributed by atoms with E-state index in [1.165, 1.54) is 0 Å². The van der Waals surface area contributed by atoms with E-state index in [9.17, 15) is 18.0 Å². The lowest BCUT2D eigenvalue weighted by molar-refractivity contribution is 0.147. The molecule has 0 aliphatic rings. The second kappa shape index (κ2) is 3.61. The summed E-state index contributed by atoms with van der Waals surface area (Å²) in [5.74, 6) is -0.919. The average molecular weight is 192 g/mol. The molecule has 0 aromatic carbocycles. The van der Waals surface area contributed by atoms with Crippen LogP contribution in [0.15, 0.2) is 11.0 Å². The molecule has 13 heavy (non-hydrogen) atoms. The van der Waals surface area contributed by atoms with Gasteiger partial charge < -0.3 is 10.7 Å². The highest BCUT2D eigenvalue weighted by molar-refractivity contribution is 5.25. The summed E-state index contributed by atoms with van der Waals surface area (Å²) >= 11 is 0. The Balaban J connectivity index is 3.44. The molecule has 0 amide bonds. The van der Waals surface area contributed by atoms with Gasteiger partial charge in [-0.2, -0.15) is 0 Å². The number of nitrogens with two attached hydrogens (primary N) is 1. The maximum absolute atomic E-state index is 12.8. The van der Waals surface area contributed by atoms with E-state index in [1.807, 2.05) is 4.98 Å². The van der Waals surface area contributed by atoms with Crippen LogP contribution in [0, 0.1) is 5.82 Å². The van der Waals surface area contributed by atoms with Crippen LogP contribution >= 0.6 is 0 Å². The minimum absolute atomic E-state index is 0.421. The molecule has 1 rings (SSSR count). The molecule has 3 nitrogen and oxygen atoms in total. The van der Waals surface area contributed by atoms with Crippen LogP contribution in [0.25, 0.3) is 0 Å². The van der Waals surface area contributed by atoms with Gasteiger partial charge in [-0.15, -0.1) is 0 Å². The SMILES string of the molecule is NCc1c(F)c[nH]c(=O)c1C(F)F. The lowest BCUT2D eigenvalue weighted by Crippen LogP contribution is -2.19. The average Bonchev–Trinajstić information content (AvgIpc) is 2.07. The van der Waals surface area contributed by atoms with Gasteiger partial charge >= 0.3 is 0 Å². The minimum atomic E-state index is -3.02. The van der Waals surface area contributed by atoms with Crippen molar-refractivity contribution in [3.05, 3.63) is 33.5 Å². The largest absolute Gasteiger partial charge is 0.326 e. The quantitative estimate of drug-likeness (QED) is 0.731. The first kappa shape index (κ1) is 9.79. The number of pyridine rings is 1. The van der Waals surface area contributed by atoms with Crippen molar-refractivity contribution in [3.8, 4) is 0 Å². The van der Waals surface area contributed by atoms with Gasteiger partial charge in [0, 0.05) is 18.3 Å². The number of aromatic amines is 1. The number of halogens is 3. The maximum atomic E-state index is 12.8. The van der Waals surface area contributed by atoms with Crippen LogP contribution in [0.5, 0.6) is 0 Å². The molecule has 0 atom stereocenters. The number of alkyl halides is 2. The molecule has 0 radical (unpaired) electrons. The molecule has 0 aliphatic heterocycles. The molecule has 0 spiro atoms. The van der Waals surface area contributed by atoms with Gasteiger partial charge in [-0.05, 0) is 0 Å². The Hall–Kier alpha value is -1.30. The third kappa shape index (κ3) is 1.72. The summed E-state index contributed by atoms with van der Waals surface area (Å²) in [6.07, 6.45) is -2.30. The number of nitrogens with one attached hydrogen (secondary N) is 1. The number of H-pyrrole nitrogens is 1. The molecule has 1 aromatic rings. The topological polar surface area (TPSA) is 58.9 Å². The molecule has 1 aromatic heterocycles. The van der Waals surface area contributed by atoms with E-state index in [2.05, 4.69) is 0 Å². The number of rotatable bonds is 2. The van der Waals surface area contributed by atoms with E-state index in [0.29, 0.717) is 0 Å². The zero-order chi connectivity index (χ0) is 10.0. The summed E-state index contributed by atoms with van der Waals surface area (Å²) in [6.45, 7) is -0.421. The third-order valence-electron chi connectivity index (χ3n) is 1.61. The molecule has 0 bridgehead atoms. The van der Waals surface area contributed by atoms with Crippen molar-refractivity contribution in [3.63, 3.8) is 0 Å².